The van der Waals surface area contributed by atoms with Crippen LogP contribution in [0.1, 0.15) is 42.4 Å². The van der Waals surface area contributed by atoms with Crippen molar-refractivity contribution < 1.29 is 4.74 Å². The van der Waals surface area contributed by atoms with E-state index in [4.69, 9.17) is 9.72 Å². The van der Waals surface area contributed by atoms with Gasteiger partial charge in [0, 0.05) is 44.4 Å². The van der Waals surface area contributed by atoms with E-state index in [9.17, 15) is 4.79 Å². The van der Waals surface area contributed by atoms with E-state index in [0.29, 0.717) is 29.1 Å². The van der Waals surface area contributed by atoms with Crippen LogP contribution in [0, 0.1) is 6.92 Å². The van der Waals surface area contributed by atoms with Gasteiger partial charge in [-0.3, -0.25) is 4.79 Å². The number of ether oxygens (including phenoxy) is 1. The van der Waals surface area contributed by atoms with Crippen molar-refractivity contribution in [2.45, 2.75) is 39.7 Å². The molecule has 0 aliphatic rings. The topological polar surface area (TPSA) is 72.6 Å². The number of benzene rings is 1. The lowest BCUT2D eigenvalue weighted by Crippen LogP contribution is -2.21. The van der Waals surface area contributed by atoms with E-state index in [1.807, 2.05) is 56.3 Å². The Bertz CT molecular complexity index is 1370. The molecule has 0 fully saturated rings. The summed E-state index contributed by atoms with van der Waals surface area (Å²) >= 11 is 1.37. The molecule has 0 saturated heterocycles. The highest BCUT2D eigenvalue weighted by atomic mass is 32.1. The molecule has 8 heteroatoms. The highest BCUT2D eigenvalue weighted by Crippen LogP contribution is 2.33. The molecule has 0 radical (unpaired) electrons. The number of unbranched alkanes of at least 4 members (excludes halogenated alkanes) is 1. The number of aromatic nitrogens is 3. The standard InChI is InChI=1S/C25H29N5O2S/c1-6-7-8-20-28-22-21-18(15-32-5)13-16(2)27-24(21)33-23(22)25(31)30(20)26-14-17-9-11-19(12-10-17)29(3)4/h9-14H,6-8,15H2,1-5H3/b26-14+. The second-order valence-electron chi connectivity index (χ2n) is 8.29. The van der Waals surface area contributed by atoms with Gasteiger partial charge >= 0.3 is 0 Å². The number of fused-ring (bicyclic) bond motifs is 3. The summed E-state index contributed by atoms with van der Waals surface area (Å²) in [7, 11) is 5.68. The molecule has 0 saturated carbocycles. The van der Waals surface area contributed by atoms with Crippen LogP contribution in [-0.4, -0.2) is 42.1 Å². The monoisotopic (exact) mass is 463 g/mol. The summed E-state index contributed by atoms with van der Waals surface area (Å²) < 4.78 is 7.43. The molecule has 0 aliphatic heterocycles. The minimum atomic E-state index is -0.156. The van der Waals surface area contributed by atoms with Gasteiger partial charge in [0.25, 0.3) is 5.56 Å². The zero-order valence-electron chi connectivity index (χ0n) is 19.8. The van der Waals surface area contributed by atoms with Gasteiger partial charge in [0.1, 0.15) is 15.4 Å². The maximum absolute atomic E-state index is 13.6. The first-order valence-corrected chi connectivity index (χ1v) is 11.9. The van der Waals surface area contributed by atoms with Crippen LogP contribution >= 0.6 is 11.3 Å². The third kappa shape index (κ3) is 4.67. The van der Waals surface area contributed by atoms with Crippen molar-refractivity contribution in [2.24, 2.45) is 5.10 Å². The number of pyridine rings is 1. The van der Waals surface area contributed by atoms with E-state index in [0.717, 1.165) is 45.6 Å². The average molecular weight is 464 g/mol. The van der Waals surface area contributed by atoms with E-state index in [1.54, 1.807) is 13.3 Å². The molecule has 0 atom stereocenters. The SMILES string of the molecule is CCCCc1nc2c(sc3nc(C)cc(COC)c32)c(=O)n1/N=C/c1ccc(N(C)C)cc1. The maximum atomic E-state index is 13.6. The van der Waals surface area contributed by atoms with Crippen molar-refractivity contribution >= 4 is 43.7 Å². The fraction of sp³-hybridized carbons (Fsp3) is 0.360. The minimum Gasteiger partial charge on any atom is -0.380 e. The molecular formula is C25H29N5O2S. The van der Waals surface area contributed by atoms with Gasteiger partial charge in [0.05, 0.1) is 18.3 Å². The highest BCUT2D eigenvalue weighted by molar-refractivity contribution is 7.25. The van der Waals surface area contributed by atoms with E-state index in [2.05, 4.69) is 17.0 Å². The lowest BCUT2D eigenvalue weighted by Gasteiger charge is -2.11. The first-order chi connectivity index (χ1) is 15.9. The normalized spacial score (nSPS) is 11.8. The van der Waals surface area contributed by atoms with Crippen LogP contribution in [0.4, 0.5) is 5.69 Å². The van der Waals surface area contributed by atoms with Gasteiger partial charge in [0.15, 0.2) is 0 Å². The predicted octanol–water partition coefficient (Wildman–Crippen LogP) is 4.75. The smallest absolute Gasteiger partial charge is 0.292 e. The molecule has 0 bridgehead atoms. The molecule has 0 amide bonds. The zero-order chi connectivity index (χ0) is 23.5. The Morgan fingerprint density at radius 2 is 1.97 bits per heavy atom. The van der Waals surface area contributed by atoms with E-state index in [1.165, 1.54) is 16.0 Å². The lowest BCUT2D eigenvalue weighted by atomic mass is 10.1. The number of anilines is 1. The largest absolute Gasteiger partial charge is 0.380 e. The van der Waals surface area contributed by atoms with Gasteiger partial charge in [-0.25, -0.2) is 9.97 Å². The van der Waals surface area contributed by atoms with Gasteiger partial charge in [-0.05, 0) is 42.7 Å². The summed E-state index contributed by atoms with van der Waals surface area (Å²) in [6.45, 7) is 4.52. The molecule has 4 rings (SSSR count). The van der Waals surface area contributed by atoms with E-state index in [-0.39, 0.29) is 5.56 Å². The van der Waals surface area contributed by atoms with Gasteiger partial charge in [-0.1, -0.05) is 25.5 Å². The maximum Gasteiger partial charge on any atom is 0.292 e. The molecular weight excluding hydrogens is 434 g/mol. The number of thiophene rings is 1. The van der Waals surface area contributed by atoms with E-state index >= 15 is 0 Å². The Hall–Kier alpha value is -3.10. The van der Waals surface area contributed by atoms with Crippen LogP contribution in [0.15, 0.2) is 40.2 Å². The number of methoxy groups -OCH3 is 1. The van der Waals surface area contributed by atoms with Crippen LogP contribution in [-0.2, 0) is 17.8 Å². The van der Waals surface area contributed by atoms with Crippen LogP contribution in [0.25, 0.3) is 20.4 Å². The van der Waals surface area contributed by atoms with Crippen molar-refractivity contribution in [1.82, 2.24) is 14.6 Å². The predicted molar refractivity (Wildman–Crippen MR) is 137 cm³/mol. The number of hydrogen-bond donors (Lipinski definition) is 0. The van der Waals surface area contributed by atoms with E-state index < -0.39 is 0 Å². The van der Waals surface area contributed by atoms with Gasteiger partial charge < -0.3 is 9.64 Å². The Morgan fingerprint density at radius 3 is 2.64 bits per heavy atom. The molecule has 3 aromatic heterocycles. The molecule has 3 heterocycles. The van der Waals surface area contributed by atoms with Crippen molar-refractivity contribution in [2.75, 3.05) is 26.1 Å². The fourth-order valence-electron chi connectivity index (χ4n) is 3.81. The summed E-state index contributed by atoms with van der Waals surface area (Å²) in [6, 6.07) is 10.0. The molecule has 172 valence electrons. The van der Waals surface area contributed by atoms with Crippen molar-refractivity contribution in [3.63, 3.8) is 0 Å². The van der Waals surface area contributed by atoms with Crippen LogP contribution in [0.5, 0.6) is 0 Å². The van der Waals surface area contributed by atoms with Gasteiger partial charge in [-0.15, -0.1) is 11.3 Å². The van der Waals surface area contributed by atoms with Gasteiger partial charge in [-0.2, -0.15) is 9.78 Å². The van der Waals surface area contributed by atoms with Gasteiger partial charge in [0.2, 0.25) is 0 Å². The number of hydrogen-bond acceptors (Lipinski definition) is 7. The van der Waals surface area contributed by atoms with Crippen molar-refractivity contribution in [3.8, 4) is 0 Å². The summed E-state index contributed by atoms with van der Waals surface area (Å²) in [5.74, 6) is 0.666. The molecule has 0 spiro atoms. The highest BCUT2D eigenvalue weighted by Gasteiger charge is 2.19. The third-order valence-corrected chi connectivity index (χ3v) is 6.56. The van der Waals surface area contributed by atoms with Crippen LogP contribution in [0.3, 0.4) is 0 Å². The second kappa shape index (κ2) is 9.80. The first-order valence-electron chi connectivity index (χ1n) is 11.1. The second-order valence-corrected chi connectivity index (χ2v) is 9.29. The molecule has 0 unspecified atom stereocenters. The molecule has 0 N–H and O–H groups in total. The molecule has 7 nitrogen and oxygen atoms in total. The summed E-state index contributed by atoms with van der Waals surface area (Å²) in [5, 5.41) is 5.47. The minimum absolute atomic E-state index is 0.156. The first kappa shape index (κ1) is 23.1. The number of aryl methyl sites for hydroxylation is 2. The molecule has 1 aromatic carbocycles. The molecule has 0 aliphatic carbocycles. The zero-order valence-corrected chi connectivity index (χ0v) is 20.6. The summed E-state index contributed by atoms with van der Waals surface area (Å²) in [4.78, 5) is 26.0. The Morgan fingerprint density at radius 1 is 1.21 bits per heavy atom. The summed E-state index contributed by atoms with van der Waals surface area (Å²) in [5.41, 5.74) is 4.47. The lowest BCUT2D eigenvalue weighted by molar-refractivity contribution is 0.186. The molecule has 33 heavy (non-hydrogen) atoms. The Labute approximate surface area is 197 Å². The average Bonchev–Trinajstić information content (AvgIpc) is 3.16. The summed E-state index contributed by atoms with van der Waals surface area (Å²) in [6.07, 6.45) is 4.32. The fourth-order valence-corrected chi connectivity index (χ4v) is 4.94. The Balaban J connectivity index is 1.88. The van der Waals surface area contributed by atoms with Crippen molar-refractivity contribution in [1.29, 1.82) is 0 Å². The third-order valence-electron chi connectivity index (χ3n) is 5.50. The van der Waals surface area contributed by atoms with Crippen molar-refractivity contribution in [3.05, 3.63) is 63.3 Å². The number of rotatable bonds is 8. The quantitative estimate of drug-likeness (QED) is 0.353. The Kier molecular flexibility index (Phi) is 6.85. The van der Waals surface area contributed by atoms with Crippen LogP contribution in [0.2, 0.25) is 0 Å². The molecule has 4 aromatic rings. The number of nitrogens with zero attached hydrogens (tertiary/aromatic N) is 5. The van der Waals surface area contributed by atoms with Crippen LogP contribution < -0.4 is 10.5 Å².